The van der Waals surface area contributed by atoms with Gasteiger partial charge in [-0.2, -0.15) is 0 Å². The topological polar surface area (TPSA) is 210 Å². The Balaban J connectivity index is 0.000000375. The predicted octanol–water partition coefficient (Wildman–Crippen LogP) is 6.17. The van der Waals surface area contributed by atoms with Crippen molar-refractivity contribution < 1.29 is 68.9 Å². The Hall–Kier alpha value is -2.46. The first-order valence-electron chi connectivity index (χ1n) is 12.8. The van der Waals surface area contributed by atoms with Crippen LogP contribution in [0.15, 0.2) is 48.5 Å². The maximum Gasteiger partial charge on any atom is 1.00 e. The maximum atomic E-state index is 12.1. The third-order valence-electron chi connectivity index (χ3n) is 4.74. The fraction of sp³-hybridized carbons (Fsp3) is 0.417. The van der Waals surface area contributed by atoms with Crippen LogP contribution >= 0.6 is 15.6 Å². The second-order valence-corrected chi connectivity index (χ2v) is 11.1. The van der Waals surface area contributed by atoms with Crippen molar-refractivity contribution in [2.45, 2.75) is 40.9 Å². The molecule has 0 amide bonds. The number of benzene rings is 2. The summed E-state index contributed by atoms with van der Waals surface area (Å²) in [5.74, 6) is 1.17. The van der Waals surface area contributed by atoms with Crippen molar-refractivity contribution in [2.75, 3.05) is 26.4 Å². The van der Waals surface area contributed by atoms with E-state index in [0.29, 0.717) is 11.6 Å². The van der Waals surface area contributed by atoms with Crippen LogP contribution in [0.25, 0.3) is 22.1 Å². The quantitative estimate of drug-likeness (QED) is 0.0572. The van der Waals surface area contributed by atoms with Gasteiger partial charge in [0, 0.05) is 0 Å². The third-order valence-corrected chi connectivity index (χ3v) is 7.93. The summed E-state index contributed by atoms with van der Waals surface area (Å²) in [5.41, 5.74) is 3.49. The number of phosphoric ester groups is 2. The number of para-hydroxylation sites is 4. The molecule has 19 heteroatoms. The molecule has 0 radical (unpaired) electrons. The van der Waals surface area contributed by atoms with Crippen molar-refractivity contribution in [1.29, 1.82) is 0 Å². The van der Waals surface area contributed by atoms with Gasteiger partial charge in [0.25, 0.3) is 5.09 Å². The number of rotatable bonds is 14. The molecule has 0 bridgehead atoms. The Kier molecular flexibility index (Phi) is 17.7. The zero-order chi connectivity index (χ0) is 31.0. The Bertz CT molecular complexity index is 1290. The summed E-state index contributed by atoms with van der Waals surface area (Å²) in [4.78, 5) is 23.2. The fourth-order valence-electron chi connectivity index (χ4n) is 3.28. The van der Waals surface area contributed by atoms with E-state index in [1.54, 1.807) is 27.7 Å². The zero-order valence-electron chi connectivity index (χ0n) is 23.9. The summed E-state index contributed by atoms with van der Waals surface area (Å²) in [6, 6.07) is 15.2. The molecule has 4 aromatic rings. The monoisotopic (exact) mass is 738 g/mol. The molecular weight excluding hydrogens is 704 g/mol. The fourth-order valence-corrected chi connectivity index (χ4v) is 5.56. The molecule has 2 aromatic carbocycles. The van der Waals surface area contributed by atoms with Crippen LogP contribution in [0.1, 0.15) is 39.3 Å². The number of phosphoric acid groups is 2. The van der Waals surface area contributed by atoms with Gasteiger partial charge in [0.15, 0.2) is 0 Å². The van der Waals surface area contributed by atoms with Gasteiger partial charge in [-0.15, -0.1) is 10.1 Å². The molecule has 0 fully saturated rings. The minimum atomic E-state index is -3.49. The Morgan fingerprint density at radius 1 is 0.698 bits per heavy atom. The van der Waals surface area contributed by atoms with Gasteiger partial charge in [-0.05, 0) is 52.0 Å². The number of H-pyrrole nitrogens is 2. The van der Waals surface area contributed by atoms with Gasteiger partial charge in [-0.3, -0.25) is 27.1 Å². The molecule has 0 saturated heterocycles. The summed E-state index contributed by atoms with van der Waals surface area (Å²) >= 11 is 0. The van der Waals surface area contributed by atoms with E-state index in [0.717, 1.165) is 22.1 Å². The van der Waals surface area contributed by atoms with Crippen LogP contribution in [0, 0.1) is 10.1 Å². The van der Waals surface area contributed by atoms with Crippen LogP contribution in [-0.2, 0) is 71.9 Å². The van der Waals surface area contributed by atoms with Crippen LogP contribution in [0.2, 0.25) is 0 Å². The molecule has 43 heavy (non-hydrogen) atoms. The molecule has 2 heterocycles. The van der Waals surface area contributed by atoms with E-state index in [2.05, 4.69) is 19.9 Å². The van der Waals surface area contributed by atoms with Gasteiger partial charge >= 0.3 is 38.0 Å². The molecule has 2 aromatic heterocycles. The summed E-state index contributed by atoms with van der Waals surface area (Å²) in [5, 5.41) is 13.6. The number of hydrogen-bond donors (Lipinski definition) is 3. The molecular formula is C24H35AgN5O11P2+. The molecule has 0 aliphatic rings. The van der Waals surface area contributed by atoms with Crippen LogP contribution in [0.4, 0.5) is 0 Å². The molecule has 0 spiro atoms. The normalized spacial score (nSPS) is 11.3. The average Bonchev–Trinajstić information content (AvgIpc) is 3.55. The van der Waals surface area contributed by atoms with Crippen molar-refractivity contribution in [3.05, 3.63) is 70.3 Å². The van der Waals surface area contributed by atoms with Crippen LogP contribution < -0.4 is 0 Å². The first-order valence-corrected chi connectivity index (χ1v) is 15.8. The first kappa shape index (κ1) is 38.6. The van der Waals surface area contributed by atoms with Crippen molar-refractivity contribution in [1.82, 2.24) is 19.9 Å². The van der Waals surface area contributed by atoms with E-state index in [9.17, 15) is 9.13 Å². The molecule has 3 N–H and O–H groups in total. The van der Waals surface area contributed by atoms with E-state index >= 15 is 0 Å². The number of fused-ring (bicyclic) bond motifs is 2. The van der Waals surface area contributed by atoms with Crippen LogP contribution in [-0.4, -0.2) is 56.7 Å². The van der Waals surface area contributed by atoms with Gasteiger partial charge in [0.05, 0.1) is 48.5 Å². The molecule has 0 aliphatic heterocycles. The average molecular weight is 739 g/mol. The van der Waals surface area contributed by atoms with E-state index in [4.69, 9.17) is 42.5 Å². The molecule has 4 rings (SSSR count). The number of hydrogen-bond acceptors (Lipinski definition) is 12. The van der Waals surface area contributed by atoms with Crippen LogP contribution in [0.3, 0.4) is 0 Å². The zero-order valence-corrected chi connectivity index (χ0v) is 27.2. The van der Waals surface area contributed by atoms with Gasteiger partial charge in [0.1, 0.15) is 24.9 Å². The Morgan fingerprint density at radius 2 is 1.00 bits per heavy atom. The second kappa shape index (κ2) is 19.7. The van der Waals surface area contributed by atoms with Gasteiger partial charge in [-0.25, -0.2) is 19.1 Å². The van der Waals surface area contributed by atoms with E-state index in [1.807, 2.05) is 48.5 Å². The van der Waals surface area contributed by atoms with Crippen molar-refractivity contribution >= 4 is 37.7 Å². The smallest absolute Gasteiger partial charge is 0.340 e. The molecule has 242 valence electrons. The van der Waals surface area contributed by atoms with Gasteiger partial charge in [0.2, 0.25) is 0 Å². The molecule has 0 unspecified atom stereocenters. The minimum absolute atomic E-state index is 0. The molecule has 0 saturated carbocycles. The first-order chi connectivity index (χ1) is 20.1. The largest absolute Gasteiger partial charge is 1.00 e. The molecule has 0 aliphatic carbocycles. The second-order valence-electron chi connectivity index (χ2n) is 7.75. The maximum absolute atomic E-state index is 12.1. The predicted molar refractivity (Wildman–Crippen MR) is 152 cm³/mol. The third kappa shape index (κ3) is 13.8. The van der Waals surface area contributed by atoms with Gasteiger partial charge in [-0.1, -0.05) is 24.3 Å². The standard InChI is InChI=1S/2C12H17N2O4P.Ag.HNO3/c2*1-3-16-19(15,17-4-2)18-9-12-13-10-7-5-6-8-11(10)14-12;;2-1(3)4/h2*5-8H,3-4,9H2,1-2H3,(H,13,14);;(H,2,3,4)/q;;+1;. The van der Waals surface area contributed by atoms with E-state index < -0.39 is 20.7 Å². The number of aromatic amines is 2. The number of nitrogens with zero attached hydrogens (tertiary/aromatic N) is 3. The van der Waals surface area contributed by atoms with Gasteiger partial charge < -0.3 is 15.2 Å². The summed E-state index contributed by atoms with van der Waals surface area (Å²) < 4.78 is 54.8. The van der Waals surface area contributed by atoms with E-state index in [1.165, 1.54) is 0 Å². The van der Waals surface area contributed by atoms with Crippen molar-refractivity contribution in [3.8, 4) is 0 Å². The van der Waals surface area contributed by atoms with Crippen LogP contribution in [0.5, 0.6) is 0 Å². The minimum Gasteiger partial charge on any atom is -0.340 e. The summed E-state index contributed by atoms with van der Waals surface area (Å²) in [6.45, 7) is 8.07. The van der Waals surface area contributed by atoms with E-state index in [-0.39, 0.29) is 62.0 Å². The molecule has 0 atom stereocenters. The number of nitrogens with one attached hydrogen (secondary N) is 2. The number of aromatic nitrogens is 4. The van der Waals surface area contributed by atoms with Crippen molar-refractivity contribution in [3.63, 3.8) is 0 Å². The Morgan fingerprint density at radius 3 is 1.28 bits per heavy atom. The SMILES string of the molecule is CCOP(=O)(OCC)OCc1nc2ccccc2[nH]1.CCOP(=O)(OCC)OCc1nc2ccccc2[nH]1.O=[N+]([O-])O.[Ag+]. The summed E-state index contributed by atoms with van der Waals surface area (Å²) in [6.07, 6.45) is 0. The Labute approximate surface area is 263 Å². The van der Waals surface area contributed by atoms with Crippen molar-refractivity contribution in [2.24, 2.45) is 0 Å². The number of imidazole rings is 2. The molecule has 16 nitrogen and oxygen atoms in total. The summed E-state index contributed by atoms with van der Waals surface area (Å²) in [7, 11) is -6.98.